The molecular weight excluding hydrogens is 356 g/mol. The molecule has 8 heteroatoms. The molecule has 2 N–H and O–H groups in total. The predicted molar refractivity (Wildman–Crippen MR) is 101 cm³/mol. The molecule has 2 heterocycles. The van der Waals surface area contributed by atoms with Gasteiger partial charge in [0.15, 0.2) is 5.82 Å². The first kappa shape index (κ1) is 18.5. The molecule has 0 amide bonds. The molecule has 3 rings (SSSR count). The van der Waals surface area contributed by atoms with Gasteiger partial charge in [-0.1, -0.05) is 0 Å². The fourth-order valence-corrected chi connectivity index (χ4v) is 2.96. The molecule has 0 unspecified atom stereocenters. The van der Waals surface area contributed by atoms with Crippen molar-refractivity contribution in [2.24, 2.45) is 0 Å². The SMILES string of the molecule is COc1ccc(CNc2cnc(Cl)nc2NC2CCOCC2)c(OC)c1. The number of nitrogens with zero attached hydrogens (tertiary/aromatic N) is 2. The summed E-state index contributed by atoms with van der Waals surface area (Å²) < 4.78 is 16.1. The number of benzene rings is 1. The monoisotopic (exact) mass is 378 g/mol. The summed E-state index contributed by atoms with van der Waals surface area (Å²) in [6.07, 6.45) is 3.56. The number of halogens is 1. The zero-order valence-electron chi connectivity index (χ0n) is 14.9. The van der Waals surface area contributed by atoms with Crippen LogP contribution in [-0.2, 0) is 11.3 Å². The summed E-state index contributed by atoms with van der Waals surface area (Å²) >= 11 is 5.98. The lowest BCUT2D eigenvalue weighted by atomic mass is 10.1. The number of hydrogen-bond acceptors (Lipinski definition) is 7. The molecule has 1 saturated heterocycles. The average Bonchev–Trinajstić information content (AvgIpc) is 2.68. The molecule has 0 atom stereocenters. The molecule has 1 fully saturated rings. The molecule has 0 radical (unpaired) electrons. The molecule has 1 aromatic heterocycles. The molecule has 140 valence electrons. The second kappa shape index (κ2) is 8.91. The van der Waals surface area contributed by atoms with Gasteiger partial charge in [0.1, 0.15) is 11.5 Å². The Balaban J connectivity index is 1.73. The summed E-state index contributed by atoms with van der Waals surface area (Å²) in [6.45, 7) is 2.06. The number of ether oxygens (including phenoxy) is 3. The topological polar surface area (TPSA) is 77.5 Å². The van der Waals surface area contributed by atoms with Crippen molar-refractivity contribution in [3.63, 3.8) is 0 Å². The highest BCUT2D eigenvalue weighted by molar-refractivity contribution is 6.28. The van der Waals surface area contributed by atoms with Crippen molar-refractivity contribution in [1.29, 1.82) is 0 Å². The van der Waals surface area contributed by atoms with Gasteiger partial charge in [0.2, 0.25) is 5.28 Å². The minimum atomic E-state index is 0.215. The largest absolute Gasteiger partial charge is 0.497 e. The van der Waals surface area contributed by atoms with Gasteiger partial charge in [0.25, 0.3) is 0 Å². The summed E-state index contributed by atoms with van der Waals surface area (Å²) in [7, 11) is 3.27. The molecule has 0 aliphatic carbocycles. The Hall–Kier alpha value is -2.25. The normalized spacial score (nSPS) is 14.7. The summed E-state index contributed by atoms with van der Waals surface area (Å²) in [5.74, 6) is 2.21. The van der Waals surface area contributed by atoms with E-state index in [1.54, 1.807) is 20.4 Å². The van der Waals surface area contributed by atoms with Crippen molar-refractivity contribution in [2.45, 2.75) is 25.4 Å². The fraction of sp³-hybridized carbons (Fsp3) is 0.444. The predicted octanol–water partition coefficient (Wildman–Crippen LogP) is 3.35. The number of methoxy groups -OCH3 is 2. The van der Waals surface area contributed by atoms with Gasteiger partial charge < -0.3 is 24.8 Å². The Morgan fingerprint density at radius 3 is 2.77 bits per heavy atom. The minimum Gasteiger partial charge on any atom is -0.497 e. The molecule has 0 bridgehead atoms. The van der Waals surface area contributed by atoms with Gasteiger partial charge in [0.05, 0.1) is 26.1 Å². The van der Waals surface area contributed by atoms with E-state index in [1.165, 1.54) is 0 Å². The fourth-order valence-electron chi connectivity index (χ4n) is 2.82. The summed E-state index contributed by atoms with van der Waals surface area (Å²) in [4.78, 5) is 8.43. The highest BCUT2D eigenvalue weighted by Crippen LogP contribution is 2.27. The van der Waals surface area contributed by atoms with Gasteiger partial charge in [-0.25, -0.2) is 4.98 Å². The highest BCUT2D eigenvalue weighted by Gasteiger charge is 2.17. The van der Waals surface area contributed by atoms with Crippen molar-refractivity contribution in [1.82, 2.24) is 9.97 Å². The first-order valence-corrected chi connectivity index (χ1v) is 8.89. The third-order valence-corrected chi connectivity index (χ3v) is 4.47. The van der Waals surface area contributed by atoms with Gasteiger partial charge in [-0.05, 0) is 36.6 Å². The number of nitrogens with one attached hydrogen (secondary N) is 2. The summed E-state index contributed by atoms with van der Waals surface area (Å²) in [5.41, 5.74) is 1.79. The number of aromatic nitrogens is 2. The van der Waals surface area contributed by atoms with E-state index in [4.69, 9.17) is 25.8 Å². The van der Waals surface area contributed by atoms with Crippen molar-refractivity contribution >= 4 is 23.1 Å². The van der Waals surface area contributed by atoms with E-state index in [-0.39, 0.29) is 5.28 Å². The standard InChI is InChI=1S/C18H23ClN4O3/c1-24-14-4-3-12(16(9-14)25-2)10-20-15-11-21-18(19)23-17(15)22-13-5-7-26-8-6-13/h3-4,9,11,13,20H,5-8,10H2,1-2H3,(H,21,22,23). The third-order valence-electron chi connectivity index (χ3n) is 4.29. The zero-order chi connectivity index (χ0) is 18.4. The van der Waals surface area contributed by atoms with Gasteiger partial charge in [0, 0.05) is 37.4 Å². The maximum absolute atomic E-state index is 5.98. The Kier molecular flexibility index (Phi) is 6.35. The molecule has 2 aromatic rings. The second-order valence-electron chi connectivity index (χ2n) is 5.96. The number of anilines is 2. The Morgan fingerprint density at radius 2 is 2.04 bits per heavy atom. The van der Waals surface area contributed by atoms with Crippen LogP contribution in [0.3, 0.4) is 0 Å². The lowest BCUT2D eigenvalue weighted by molar-refractivity contribution is 0.0904. The molecule has 0 spiro atoms. The van der Waals surface area contributed by atoms with Gasteiger partial charge in [-0.3, -0.25) is 0 Å². The molecule has 26 heavy (non-hydrogen) atoms. The van der Waals surface area contributed by atoms with Crippen molar-refractivity contribution in [2.75, 3.05) is 38.1 Å². The van der Waals surface area contributed by atoms with E-state index in [0.29, 0.717) is 18.4 Å². The van der Waals surface area contributed by atoms with Crippen LogP contribution in [0.5, 0.6) is 11.5 Å². The maximum atomic E-state index is 5.98. The van der Waals surface area contributed by atoms with Crippen LogP contribution in [0, 0.1) is 0 Å². The van der Waals surface area contributed by atoms with Crippen LogP contribution in [0.2, 0.25) is 5.28 Å². The van der Waals surface area contributed by atoms with Gasteiger partial charge in [-0.2, -0.15) is 4.98 Å². The van der Waals surface area contributed by atoms with E-state index in [1.807, 2.05) is 18.2 Å². The Morgan fingerprint density at radius 1 is 1.23 bits per heavy atom. The Bertz CT molecular complexity index is 738. The van der Waals surface area contributed by atoms with Crippen molar-refractivity contribution in [3.05, 3.63) is 35.2 Å². The zero-order valence-corrected chi connectivity index (χ0v) is 15.7. The smallest absolute Gasteiger partial charge is 0.224 e. The van der Waals surface area contributed by atoms with Crippen LogP contribution in [-0.4, -0.2) is 43.4 Å². The van der Waals surface area contributed by atoms with Gasteiger partial charge >= 0.3 is 0 Å². The number of hydrogen-bond donors (Lipinski definition) is 2. The van der Waals surface area contributed by atoms with Crippen LogP contribution < -0.4 is 20.1 Å². The number of rotatable bonds is 7. The van der Waals surface area contributed by atoms with E-state index >= 15 is 0 Å². The van der Waals surface area contributed by atoms with Crippen LogP contribution in [0.1, 0.15) is 18.4 Å². The minimum absolute atomic E-state index is 0.215. The molecule has 7 nitrogen and oxygen atoms in total. The molecule has 1 aliphatic heterocycles. The first-order valence-electron chi connectivity index (χ1n) is 8.51. The molecule has 1 aliphatic rings. The van der Waals surface area contributed by atoms with Crippen molar-refractivity contribution < 1.29 is 14.2 Å². The van der Waals surface area contributed by atoms with E-state index in [0.717, 1.165) is 48.8 Å². The maximum Gasteiger partial charge on any atom is 0.224 e. The lowest BCUT2D eigenvalue weighted by Crippen LogP contribution is -2.28. The molecule has 1 aromatic carbocycles. The van der Waals surface area contributed by atoms with Crippen molar-refractivity contribution in [3.8, 4) is 11.5 Å². The lowest BCUT2D eigenvalue weighted by Gasteiger charge is -2.24. The van der Waals surface area contributed by atoms with Crippen LogP contribution in [0.15, 0.2) is 24.4 Å². The van der Waals surface area contributed by atoms with Crippen LogP contribution in [0.25, 0.3) is 0 Å². The van der Waals surface area contributed by atoms with Gasteiger partial charge in [-0.15, -0.1) is 0 Å². The molecular formula is C18H23ClN4O3. The van der Waals surface area contributed by atoms with E-state index in [2.05, 4.69) is 20.6 Å². The second-order valence-corrected chi connectivity index (χ2v) is 6.30. The van der Waals surface area contributed by atoms with Crippen LogP contribution >= 0.6 is 11.6 Å². The average molecular weight is 379 g/mol. The molecule has 0 saturated carbocycles. The summed E-state index contributed by atoms with van der Waals surface area (Å²) in [5, 5.41) is 7.02. The Labute approximate surface area is 158 Å². The van der Waals surface area contributed by atoms with E-state index < -0.39 is 0 Å². The van der Waals surface area contributed by atoms with E-state index in [9.17, 15) is 0 Å². The quantitative estimate of drug-likeness (QED) is 0.715. The van der Waals surface area contributed by atoms with Crippen LogP contribution in [0.4, 0.5) is 11.5 Å². The summed E-state index contributed by atoms with van der Waals surface area (Å²) in [6, 6.07) is 6.04. The first-order chi connectivity index (χ1) is 12.7. The third kappa shape index (κ3) is 4.68. The highest BCUT2D eigenvalue weighted by atomic mass is 35.5.